The summed E-state index contributed by atoms with van der Waals surface area (Å²) in [4.78, 5) is 15.5. The van der Waals surface area contributed by atoms with Crippen LogP contribution in [0.2, 0.25) is 0 Å². The van der Waals surface area contributed by atoms with Gasteiger partial charge in [-0.2, -0.15) is 0 Å². The molecule has 0 radical (unpaired) electrons. The normalized spacial score (nSPS) is 10.8. The van der Waals surface area contributed by atoms with Crippen molar-refractivity contribution in [3.63, 3.8) is 0 Å². The zero-order chi connectivity index (χ0) is 14.5. The van der Waals surface area contributed by atoms with Crippen LogP contribution in [0.1, 0.15) is 71.1 Å². The van der Waals surface area contributed by atoms with Gasteiger partial charge < -0.3 is 0 Å². The fourth-order valence-electron chi connectivity index (χ4n) is 2.19. The SMILES string of the molecule is CCCCCCCCCCCCSC(=O)n1ccnc1. The van der Waals surface area contributed by atoms with Gasteiger partial charge in [0.2, 0.25) is 0 Å². The molecule has 1 rings (SSSR count). The molecule has 1 aromatic rings. The number of unbranched alkanes of at least 4 members (excludes halogenated alkanes) is 9. The maximum absolute atomic E-state index is 11.7. The lowest BCUT2D eigenvalue weighted by Gasteiger charge is -2.02. The highest BCUT2D eigenvalue weighted by Crippen LogP contribution is 2.13. The molecule has 0 N–H and O–H groups in total. The van der Waals surface area contributed by atoms with Gasteiger partial charge in [-0.25, -0.2) is 4.98 Å². The summed E-state index contributed by atoms with van der Waals surface area (Å²) in [6.45, 7) is 2.26. The number of nitrogens with zero attached hydrogens (tertiary/aromatic N) is 2. The van der Waals surface area contributed by atoms with Crippen molar-refractivity contribution in [1.29, 1.82) is 0 Å². The molecule has 0 fully saturated rings. The van der Waals surface area contributed by atoms with Crippen LogP contribution in [0.3, 0.4) is 0 Å². The Labute approximate surface area is 127 Å². The Morgan fingerprint density at radius 2 is 1.60 bits per heavy atom. The van der Waals surface area contributed by atoms with E-state index in [0.29, 0.717) is 0 Å². The van der Waals surface area contributed by atoms with Gasteiger partial charge in [-0.3, -0.25) is 9.36 Å². The molecule has 1 heterocycles. The Bertz CT molecular complexity index is 338. The van der Waals surface area contributed by atoms with E-state index >= 15 is 0 Å². The third-order valence-electron chi connectivity index (χ3n) is 3.44. The first kappa shape index (κ1) is 17.3. The van der Waals surface area contributed by atoms with Gasteiger partial charge in [0.05, 0.1) is 0 Å². The summed E-state index contributed by atoms with van der Waals surface area (Å²) >= 11 is 1.40. The number of hydrogen-bond acceptors (Lipinski definition) is 3. The monoisotopic (exact) mass is 296 g/mol. The van der Waals surface area contributed by atoms with Crippen molar-refractivity contribution in [2.24, 2.45) is 0 Å². The zero-order valence-electron chi connectivity index (χ0n) is 12.7. The lowest BCUT2D eigenvalue weighted by Crippen LogP contribution is -2.02. The minimum atomic E-state index is 0.0819. The quantitative estimate of drug-likeness (QED) is 0.505. The number of carbonyl (C=O) groups excluding carboxylic acids is 1. The van der Waals surface area contributed by atoms with Gasteiger partial charge in [0.25, 0.3) is 5.24 Å². The second-order valence-corrected chi connectivity index (χ2v) is 6.31. The van der Waals surface area contributed by atoms with E-state index in [2.05, 4.69) is 11.9 Å². The molecule has 0 saturated heterocycles. The third-order valence-corrected chi connectivity index (χ3v) is 4.39. The molecule has 0 atom stereocenters. The van der Waals surface area contributed by atoms with Crippen LogP contribution < -0.4 is 0 Å². The molecular weight excluding hydrogens is 268 g/mol. The molecule has 0 saturated carbocycles. The van der Waals surface area contributed by atoms with E-state index in [1.807, 2.05) is 0 Å². The van der Waals surface area contributed by atoms with Crippen molar-refractivity contribution in [1.82, 2.24) is 9.55 Å². The third kappa shape index (κ3) is 8.41. The van der Waals surface area contributed by atoms with Crippen molar-refractivity contribution >= 4 is 17.0 Å². The molecule has 0 aliphatic carbocycles. The first-order valence-corrected chi connectivity index (χ1v) is 8.98. The molecular formula is C16H28N2OS. The molecule has 114 valence electrons. The van der Waals surface area contributed by atoms with Gasteiger partial charge in [-0.1, -0.05) is 76.5 Å². The standard InChI is InChI=1S/C16H28N2OS/c1-2-3-4-5-6-7-8-9-10-11-14-20-16(19)18-13-12-17-15-18/h12-13,15H,2-11,14H2,1H3. The molecule has 20 heavy (non-hydrogen) atoms. The van der Waals surface area contributed by atoms with E-state index in [1.54, 1.807) is 23.3 Å². The van der Waals surface area contributed by atoms with Gasteiger partial charge in [-0.15, -0.1) is 0 Å². The van der Waals surface area contributed by atoms with E-state index < -0.39 is 0 Å². The van der Waals surface area contributed by atoms with Crippen LogP contribution >= 0.6 is 11.8 Å². The smallest absolute Gasteiger partial charge is 0.267 e. The predicted octanol–water partition coefficient (Wildman–Crippen LogP) is 5.51. The zero-order valence-corrected chi connectivity index (χ0v) is 13.5. The van der Waals surface area contributed by atoms with Crippen LogP contribution in [0.15, 0.2) is 18.7 Å². The van der Waals surface area contributed by atoms with E-state index in [0.717, 1.165) is 12.2 Å². The molecule has 0 aliphatic rings. The summed E-state index contributed by atoms with van der Waals surface area (Å²) in [6, 6.07) is 0. The van der Waals surface area contributed by atoms with Crippen molar-refractivity contribution < 1.29 is 4.79 Å². The average molecular weight is 296 g/mol. The van der Waals surface area contributed by atoms with Gasteiger partial charge in [0.1, 0.15) is 6.33 Å². The van der Waals surface area contributed by atoms with Crippen LogP contribution in [-0.4, -0.2) is 20.5 Å². The largest absolute Gasteiger partial charge is 0.290 e. The maximum Gasteiger partial charge on any atom is 0.290 e. The minimum Gasteiger partial charge on any atom is -0.267 e. The summed E-state index contributed by atoms with van der Waals surface area (Å²) in [6.07, 6.45) is 18.3. The Balaban J connectivity index is 1.82. The average Bonchev–Trinajstić information content (AvgIpc) is 2.99. The number of carbonyl (C=O) groups is 1. The van der Waals surface area contributed by atoms with E-state index in [1.165, 1.54) is 69.5 Å². The van der Waals surface area contributed by atoms with Gasteiger partial charge in [0.15, 0.2) is 0 Å². The minimum absolute atomic E-state index is 0.0819. The van der Waals surface area contributed by atoms with Gasteiger partial charge >= 0.3 is 0 Å². The second kappa shape index (κ2) is 12.0. The van der Waals surface area contributed by atoms with Crippen LogP contribution in [0.5, 0.6) is 0 Å². The van der Waals surface area contributed by atoms with Crippen molar-refractivity contribution in [2.75, 3.05) is 5.75 Å². The van der Waals surface area contributed by atoms with E-state index in [-0.39, 0.29) is 5.24 Å². The summed E-state index contributed by atoms with van der Waals surface area (Å²) in [5, 5.41) is 0.0819. The van der Waals surface area contributed by atoms with Gasteiger partial charge in [0, 0.05) is 18.1 Å². The molecule has 3 nitrogen and oxygen atoms in total. The number of imidazole rings is 1. The second-order valence-electron chi connectivity index (χ2n) is 5.27. The molecule has 4 heteroatoms. The summed E-state index contributed by atoms with van der Waals surface area (Å²) in [5.41, 5.74) is 0. The highest BCUT2D eigenvalue weighted by atomic mass is 32.2. The van der Waals surface area contributed by atoms with Gasteiger partial charge in [-0.05, 0) is 6.42 Å². The molecule has 0 aliphatic heterocycles. The topological polar surface area (TPSA) is 34.9 Å². The van der Waals surface area contributed by atoms with Crippen molar-refractivity contribution in [3.05, 3.63) is 18.7 Å². The highest BCUT2D eigenvalue weighted by Gasteiger charge is 2.03. The molecule has 1 aromatic heterocycles. The lowest BCUT2D eigenvalue weighted by molar-refractivity contribution is 0.262. The Morgan fingerprint density at radius 3 is 2.15 bits per heavy atom. The summed E-state index contributed by atoms with van der Waals surface area (Å²) < 4.78 is 1.54. The fourth-order valence-corrected chi connectivity index (χ4v) is 2.97. The maximum atomic E-state index is 11.7. The van der Waals surface area contributed by atoms with Crippen LogP contribution in [-0.2, 0) is 0 Å². The number of aromatic nitrogens is 2. The molecule has 0 aromatic carbocycles. The number of thioether (sulfide) groups is 1. The first-order valence-electron chi connectivity index (χ1n) is 7.99. The molecule has 0 spiro atoms. The van der Waals surface area contributed by atoms with E-state index in [9.17, 15) is 4.79 Å². The summed E-state index contributed by atoms with van der Waals surface area (Å²) in [7, 11) is 0. The number of hydrogen-bond donors (Lipinski definition) is 0. The van der Waals surface area contributed by atoms with E-state index in [4.69, 9.17) is 0 Å². The predicted molar refractivity (Wildman–Crippen MR) is 87.3 cm³/mol. The molecule has 0 bridgehead atoms. The lowest BCUT2D eigenvalue weighted by atomic mass is 10.1. The Kier molecular flexibility index (Phi) is 10.4. The first-order chi connectivity index (χ1) is 9.84. The van der Waals surface area contributed by atoms with Crippen molar-refractivity contribution in [3.8, 4) is 0 Å². The van der Waals surface area contributed by atoms with Crippen molar-refractivity contribution in [2.45, 2.75) is 71.1 Å². The Hall–Kier alpha value is -0.770. The van der Waals surface area contributed by atoms with Crippen LogP contribution in [0.25, 0.3) is 0 Å². The summed E-state index contributed by atoms with van der Waals surface area (Å²) in [5.74, 6) is 0.924. The van der Waals surface area contributed by atoms with Crippen LogP contribution in [0, 0.1) is 0 Å². The van der Waals surface area contributed by atoms with Crippen LogP contribution in [0.4, 0.5) is 4.79 Å². The molecule has 0 unspecified atom stereocenters. The molecule has 0 amide bonds. The highest BCUT2D eigenvalue weighted by molar-refractivity contribution is 8.13. The fraction of sp³-hybridized carbons (Fsp3) is 0.750. The Morgan fingerprint density at radius 1 is 1.00 bits per heavy atom. The number of rotatable bonds is 11.